The van der Waals surface area contributed by atoms with Crippen molar-refractivity contribution in [2.75, 3.05) is 41.9 Å². The molecule has 8 nitrogen and oxygen atoms in total. The van der Waals surface area contributed by atoms with Crippen molar-refractivity contribution in [2.45, 2.75) is 24.8 Å². The van der Waals surface area contributed by atoms with Crippen molar-refractivity contribution in [2.24, 2.45) is 18.9 Å². The Bertz CT molecular complexity index is 1410. The number of hydrogen-bond donors (Lipinski definition) is 2. The highest BCUT2D eigenvalue weighted by molar-refractivity contribution is 6.33. The number of aryl methyl sites for hydroxylation is 1. The molecule has 36 heavy (non-hydrogen) atoms. The lowest BCUT2D eigenvalue weighted by molar-refractivity contribution is -0.0579. The van der Waals surface area contributed by atoms with Gasteiger partial charge in [0, 0.05) is 37.1 Å². The number of nitrogens with zero attached hydrogens (tertiary/aromatic N) is 4. The molecule has 1 atom stereocenters. The average molecular weight is 521 g/mol. The SMILES string of the molecule is Cn1c(=O)c2c(c3cc(Nc4nc(N5CC(CF)C5)ncc4Cl)ccc31)N[C@@H](C1CC1)C(F)(F)CO2. The normalized spacial score (nSPS) is 21.2. The first-order chi connectivity index (χ1) is 17.2. The van der Waals surface area contributed by atoms with E-state index < -0.39 is 24.1 Å². The molecule has 1 saturated heterocycles. The van der Waals surface area contributed by atoms with Crippen LogP contribution in [0.3, 0.4) is 0 Å². The molecule has 2 fully saturated rings. The maximum atomic E-state index is 14.8. The second-order valence-corrected chi connectivity index (χ2v) is 10.1. The van der Waals surface area contributed by atoms with Crippen LogP contribution in [0.2, 0.25) is 5.02 Å². The van der Waals surface area contributed by atoms with Crippen LogP contribution in [0, 0.1) is 11.8 Å². The number of nitrogens with one attached hydrogen (secondary N) is 2. The van der Waals surface area contributed by atoms with Crippen LogP contribution in [-0.4, -0.2) is 52.9 Å². The summed E-state index contributed by atoms with van der Waals surface area (Å²) in [6, 6.07) is 4.11. The lowest BCUT2D eigenvalue weighted by atomic mass is 10.0. The second kappa shape index (κ2) is 8.43. The van der Waals surface area contributed by atoms with E-state index in [2.05, 4.69) is 20.6 Å². The van der Waals surface area contributed by atoms with E-state index in [1.807, 2.05) is 4.90 Å². The van der Waals surface area contributed by atoms with Gasteiger partial charge in [-0.3, -0.25) is 9.18 Å². The summed E-state index contributed by atoms with van der Waals surface area (Å²) in [6.45, 7) is -0.172. The van der Waals surface area contributed by atoms with Gasteiger partial charge in [-0.1, -0.05) is 11.6 Å². The van der Waals surface area contributed by atoms with Crippen molar-refractivity contribution in [3.8, 4) is 5.75 Å². The van der Waals surface area contributed by atoms with E-state index in [-0.39, 0.29) is 35.0 Å². The number of alkyl halides is 3. The van der Waals surface area contributed by atoms with E-state index >= 15 is 0 Å². The fourth-order valence-corrected chi connectivity index (χ4v) is 4.99. The maximum Gasteiger partial charge on any atom is 0.301 e. The van der Waals surface area contributed by atoms with Crippen molar-refractivity contribution in [1.82, 2.24) is 14.5 Å². The largest absolute Gasteiger partial charge is 0.480 e. The van der Waals surface area contributed by atoms with E-state index in [0.717, 1.165) is 0 Å². The Hall–Kier alpha value is -3.21. The highest BCUT2D eigenvalue weighted by Crippen LogP contribution is 2.45. The van der Waals surface area contributed by atoms with Crippen LogP contribution in [0.15, 0.2) is 29.2 Å². The van der Waals surface area contributed by atoms with Crippen molar-refractivity contribution < 1.29 is 17.9 Å². The van der Waals surface area contributed by atoms with Gasteiger partial charge in [0.05, 0.1) is 30.1 Å². The minimum absolute atomic E-state index is 0.0235. The summed E-state index contributed by atoms with van der Waals surface area (Å²) in [5.74, 6) is -2.64. The predicted molar refractivity (Wildman–Crippen MR) is 132 cm³/mol. The number of pyridine rings is 1. The number of halogens is 4. The van der Waals surface area contributed by atoms with E-state index in [1.165, 1.54) is 10.8 Å². The van der Waals surface area contributed by atoms with Crippen LogP contribution in [0.4, 0.5) is 36.3 Å². The Balaban J connectivity index is 1.38. The highest BCUT2D eigenvalue weighted by atomic mass is 35.5. The molecule has 1 aromatic carbocycles. The summed E-state index contributed by atoms with van der Waals surface area (Å²) in [4.78, 5) is 23.6. The third kappa shape index (κ3) is 3.89. The molecule has 2 N–H and O–H groups in total. The molecule has 6 rings (SSSR count). The van der Waals surface area contributed by atoms with Crippen LogP contribution >= 0.6 is 11.6 Å². The van der Waals surface area contributed by atoms with Crippen LogP contribution < -0.4 is 25.8 Å². The first kappa shape index (κ1) is 23.2. The fraction of sp³-hybridized carbons (Fsp3) is 0.458. The minimum Gasteiger partial charge on any atom is -0.480 e. The summed E-state index contributed by atoms with van der Waals surface area (Å²) >= 11 is 6.33. The van der Waals surface area contributed by atoms with Crippen LogP contribution in [0.25, 0.3) is 10.9 Å². The van der Waals surface area contributed by atoms with Crippen LogP contribution in [0.5, 0.6) is 5.75 Å². The first-order valence-electron chi connectivity index (χ1n) is 11.8. The van der Waals surface area contributed by atoms with Crippen molar-refractivity contribution in [3.05, 3.63) is 39.8 Å². The van der Waals surface area contributed by atoms with Gasteiger partial charge < -0.3 is 24.8 Å². The smallest absolute Gasteiger partial charge is 0.301 e. The summed E-state index contributed by atoms with van der Waals surface area (Å²) in [5, 5.41) is 6.98. The number of benzene rings is 1. The molecule has 2 aromatic heterocycles. The van der Waals surface area contributed by atoms with E-state index in [1.54, 1.807) is 25.2 Å². The third-order valence-corrected chi connectivity index (χ3v) is 7.34. The lowest BCUT2D eigenvalue weighted by Gasteiger charge is -2.37. The molecule has 12 heteroatoms. The standard InChI is InChI=1S/C24H24ClF3N6O2/c1-33-17-5-4-14(30-21-16(25)8-29-23(32-21)34-9-12(7-26)10-34)6-15(17)18-19(22(33)35)36-11-24(27,28)20(31-18)13-2-3-13/h4-6,8,12-13,20,31H,2-3,7,9-11H2,1H3,(H,29,30,32)/t20-/m0/s1. The molecule has 1 aliphatic carbocycles. The Morgan fingerprint density at radius 3 is 2.81 bits per heavy atom. The zero-order valence-electron chi connectivity index (χ0n) is 19.4. The molecule has 1 saturated carbocycles. The molecular formula is C24H24ClF3N6O2. The minimum atomic E-state index is -3.11. The predicted octanol–water partition coefficient (Wildman–Crippen LogP) is 4.35. The highest BCUT2D eigenvalue weighted by Gasteiger charge is 2.51. The number of hydrogen-bond acceptors (Lipinski definition) is 7. The van der Waals surface area contributed by atoms with Crippen LogP contribution in [0.1, 0.15) is 12.8 Å². The average Bonchev–Trinajstić information content (AvgIpc) is 3.66. The fourth-order valence-electron chi connectivity index (χ4n) is 4.85. The Morgan fingerprint density at radius 2 is 2.08 bits per heavy atom. The molecular weight excluding hydrogens is 497 g/mol. The Morgan fingerprint density at radius 1 is 1.31 bits per heavy atom. The van der Waals surface area contributed by atoms with Gasteiger partial charge in [-0.15, -0.1) is 0 Å². The van der Waals surface area contributed by atoms with Gasteiger partial charge in [-0.05, 0) is 37.0 Å². The van der Waals surface area contributed by atoms with E-state index in [9.17, 15) is 18.0 Å². The number of anilines is 4. The van der Waals surface area contributed by atoms with E-state index in [4.69, 9.17) is 16.3 Å². The molecule has 2 aliphatic heterocycles. The van der Waals surface area contributed by atoms with Gasteiger partial charge in [0.15, 0.2) is 12.4 Å². The number of rotatable bonds is 5. The quantitative estimate of drug-likeness (QED) is 0.517. The molecule has 0 spiro atoms. The Labute approximate surface area is 209 Å². The van der Waals surface area contributed by atoms with Gasteiger partial charge in [0.1, 0.15) is 5.02 Å². The zero-order valence-corrected chi connectivity index (χ0v) is 20.2. The Kier molecular flexibility index (Phi) is 5.43. The third-order valence-electron chi connectivity index (χ3n) is 7.06. The van der Waals surface area contributed by atoms with Crippen molar-refractivity contribution in [1.29, 1.82) is 0 Å². The van der Waals surface area contributed by atoms with Crippen LogP contribution in [-0.2, 0) is 7.05 Å². The molecule has 4 heterocycles. The molecule has 0 radical (unpaired) electrons. The van der Waals surface area contributed by atoms with Gasteiger partial charge in [0.25, 0.3) is 5.56 Å². The lowest BCUT2D eigenvalue weighted by Crippen LogP contribution is -2.48. The molecule has 3 aromatic rings. The summed E-state index contributed by atoms with van der Waals surface area (Å²) < 4.78 is 49.3. The monoisotopic (exact) mass is 520 g/mol. The van der Waals surface area contributed by atoms with Gasteiger partial charge in [0.2, 0.25) is 11.7 Å². The second-order valence-electron chi connectivity index (χ2n) is 9.73. The van der Waals surface area contributed by atoms with E-state index in [0.29, 0.717) is 54.3 Å². The van der Waals surface area contributed by atoms with Gasteiger partial charge >= 0.3 is 5.92 Å². The van der Waals surface area contributed by atoms with Gasteiger partial charge in [-0.25, -0.2) is 13.8 Å². The summed E-state index contributed by atoms with van der Waals surface area (Å²) in [6.07, 6.45) is 2.88. The zero-order chi connectivity index (χ0) is 25.2. The number of fused-ring (bicyclic) bond motifs is 3. The molecule has 3 aliphatic rings. The summed E-state index contributed by atoms with van der Waals surface area (Å²) in [5.41, 5.74) is 0.925. The number of ether oxygens (including phenoxy) is 1. The maximum absolute atomic E-state index is 14.8. The molecule has 0 bridgehead atoms. The van der Waals surface area contributed by atoms with Gasteiger partial charge in [-0.2, -0.15) is 4.98 Å². The number of aromatic nitrogens is 3. The first-order valence-corrected chi connectivity index (χ1v) is 12.2. The molecule has 190 valence electrons. The van der Waals surface area contributed by atoms with Crippen molar-refractivity contribution in [3.63, 3.8) is 0 Å². The molecule has 0 unspecified atom stereocenters. The van der Waals surface area contributed by atoms with Crippen molar-refractivity contribution >= 4 is 45.6 Å². The summed E-state index contributed by atoms with van der Waals surface area (Å²) in [7, 11) is 1.58. The topological polar surface area (TPSA) is 84.3 Å². The molecule has 0 amide bonds.